The summed E-state index contributed by atoms with van der Waals surface area (Å²) in [6, 6.07) is 23.3. The lowest BCUT2D eigenvalue weighted by molar-refractivity contribution is -0.123. The zero-order chi connectivity index (χ0) is 28.6. The van der Waals surface area contributed by atoms with E-state index in [2.05, 4.69) is 34.0 Å². The van der Waals surface area contributed by atoms with E-state index in [-0.39, 0.29) is 10.9 Å². The molecule has 0 aliphatic rings. The summed E-state index contributed by atoms with van der Waals surface area (Å²) in [5.41, 5.74) is 4.56. The Morgan fingerprint density at radius 2 is 1.70 bits per heavy atom. The third-order valence-electron chi connectivity index (χ3n) is 6.26. The van der Waals surface area contributed by atoms with Crippen molar-refractivity contribution in [2.45, 2.75) is 26.5 Å². The van der Waals surface area contributed by atoms with Gasteiger partial charge >= 0.3 is 0 Å². The Kier molecular flexibility index (Phi) is 9.64. The van der Waals surface area contributed by atoms with Gasteiger partial charge in [0, 0.05) is 5.56 Å². The highest BCUT2D eigenvalue weighted by Gasteiger charge is 2.24. The van der Waals surface area contributed by atoms with Gasteiger partial charge in [0.2, 0.25) is 0 Å². The van der Waals surface area contributed by atoms with E-state index in [0.717, 1.165) is 16.3 Å². The summed E-state index contributed by atoms with van der Waals surface area (Å²) >= 11 is 11.9. The highest BCUT2D eigenvalue weighted by molar-refractivity contribution is 6.42. The predicted molar refractivity (Wildman–Crippen MR) is 160 cm³/mol. The van der Waals surface area contributed by atoms with E-state index in [4.69, 9.17) is 32.7 Å². The van der Waals surface area contributed by atoms with Gasteiger partial charge in [-0.2, -0.15) is 5.10 Å². The second-order valence-electron chi connectivity index (χ2n) is 9.40. The Balaban J connectivity index is 1.38. The van der Waals surface area contributed by atoms with Gasteiger partial charge in [-0.1, -0.05) is 79.5 Å². The molecule has 0 fully saturated rings. The molecule has 0 aromatic heterocycles. The highest BCUT2D eigenvalue weighted by Crippen LogP contribution is 2.29. The number of halogens is 2. The molecule has 0 heterocycles. The van der Waals surface area contributed by atoms with Crippen LogP contribution in [0.5, 0.6) is 11.5 Å². The van der Waals surface area contributed by atoms with Crippen molar-refractivity contribution in [3.8, 4) is 11.5 Å². The van der Waals surface area contributed by atoms with Gasteiger partial charge in [0.1, 0.15) is 12.6 Å². The van der Waals surface area contributed by atoms with Crippen LogP contribution in [-0.4, -0.2) is 31.2 Å². The summed E-state index contributed by atoms with van der Waals surface area (Å²) in [7, 11) is 1.56. The molecule has 0 saturated carbocycles. The lowest BCUT2D eigenvalue weighted by Crippen LogP contribution is -2.48. The Labute approximate surface area is 243 Å². The van der Waals surface area contributed by atoms with Crippen molar-refractivity contribution in [3.05, 3.63) is 106 Å². The quantitative estimate of drug-likeness (QED) is 0.163. The minimum atomic E-state index is -0.821. The third kappa shape index (κ3) is 7.11. The van der Waals surface area contributed by atoms with E-state index in [1.807, 2.05) is 44.2 Å². The minimum absolute atomic E-state index is 0.194. The molecule has 4 aromatic rings. The molecular formula is C31H29Cl2N3O4. The van der Waals surface area contributed by atoms with Gasteiger partial charge in [-0.05, 0) is 64.2 Å². The number of carbonyl (C=O) groups excluding carboxylic acids is 2. The predicted octanol–water partition coefficient (Wildman–Crippen LogP) is 6.64. The lowest BCUT2D eigenvalue weighted by Gasteiger charge is -2.20. The number of nitrogens with zero attached hydrogens (tertiary/aromatic N) is 1. The van der Waals surface area contributed by atoms with E-state index in [0.29, 0.717) is 34.3 Å². The molecule has 0 aliphatic heterocycles. The molecule has 206 valence electrons. The summed E-state index contributed by atoms with van der Waals surface area (Å²) in [5, 5.41) is 9.68. The normalized spacial score (nSPS) is 11.9. The third-order valence-corrected chi connectivity index (χ3v) is 7.00. The number of hydrogen-bond acceptors (Lipinski definition) is 5. The fourth-order valence-corrected chi connectivity index (χ4v) is 4.39. The molecular weight excluding hydrogens is 549 g/mol. The molecule has 2 amide bonds. The van der Waals surface area contributed by atoms with Crippen LogP contribution in [0.2, 0.25) is 10.0 Å². The molecule has 1 unspecified atom stereocenters. The standard InChI is InChI=1S/C31H29Cl2N3O4/c1-19(2)29(35-30(37)22-12-13-25(32)26(33)16-22)31(38)36-34-17-20-11-14-27(28(15-20)39-3)40-18-23-9-6-8-21-7-4-5-10-24(21)23/h4-17,19,29H,18H2,1-3H3,(H,35,37)(H,36,38)/b34-17-. The maximum atomic E-state index is 12.8. The summed E-state index contributed by atoms with van der Waals surface area (Å²) < 4.78 is 11.6. The first kappa shape index (κ1) is 28.9. The van der Waals surface area contributed by atoms with Crippen molar-refractivity contribution in [2.75, 3.05) is 7.11 Å². The second kappa shape index (κ2) is 13.3. The van der Waals surface area contributed by atoms with Crippen LogP contribution in [0.1, 0.15) is 35.3 Å². The number of benzene rings is 4. The maximum Gasteiger partial charge on any atom is 0.262 e. The number of amides is 2. The minimum Gasteiger partial charge on any atom is -0.493 e. The number of methoxy groups -OCH3 is 1. The van der Waals surface area contributed by atoms with Crippen LogP contribution in [0.3, 0.4) is 0 Å². The fraction of sp³-hybridized carbons (Fsp3) is 0.194. The first-order valence-corrected chi connectivity index (χ1v) is 13.4. The molecule has 0 aliphatic carbocycles. The van der Waals surface area contributed by atoms with Crippen molar-refractivity contribution >= 4 is 52.0 Å². The topological polar surface area (TPSA) is 89.0 Å². The number of rotatable bonds is 10. The first-order valence-electron chi connectivity index (χ1n) is 12.6. The van der Waals surface area contributed by atoms with Gasteiger partial charge in [0.25, 0.3) is 11.8 Å². The largest absolute Gasteiger partial charge is 0.493 e. The zero-order valence-electron chi connectivity index (χ0n) is 22.3. The summed E-state index contributed by atoms with van der Waals surface area (Å²) in [6.45, 7) is 4.03. The molecule has 4 aromatic carbocycles. The van der Waals surface area contributed by atoms with Crippen LogP contribution in [0.25, 0.3) is 10.8 Å². The number of carbonyl (C=O) groups is 2. The van der Waals surface area contributed by atoms with Crippen molar-refractivity contribution in [3.63, 3.8) is 0 Å². The molecule has 7 nitrogen and oxygen atoms in total. The smallest absolute Gasteiger partial charge is 0.262 e. The lowest BCUT2D eigenvalue weighted by atomic mass is 10.0. The molecule has 1 atom stereocenters. The molecule has 40 heavy (non-hydrogen) atoms. The van der Waals surface area contributed by atoms with Gasteiger partial charge in [-0.15, -0.1) is 0 Å². The molecule has 0 saturated heterocycles. The van der Waals surface area contributed by atoms with Gasteiger partial charge in [-0.25, -0.2) is 5.43 Å². The molecule has 0 bridgehead atoms. The van der Waals surface area contributed by atoms with E-state index in [9.17, 15) is 9.59 Å². The van der Waals surface area contributed by atoms with Crippen molar-refractivity contribution < 1.29 is 19.1 Å². The van der Waals surface area contributed by atoms with Crippen LogP contribution in [0, 0.1) is 5.92 Å². The molecule has 4 rings (SSSR count). The van der Waals surface area contributed by atoms with Crippen molar-refractivity contribution in [2.24, 2.45) is 11.0 Å². The molecule has 2 N–H and O–H groups in total. The number of ether oxygens (including phenoxy) is 2. The zero-order valence-corrected chi connectivity index (χ0v) is 23.8. The SMILES string of the molecule is COc1cc(/C=N\NC(=O)C(NC(=O)c2ccc(Cl)c(Cl)c2)C(C)C)ccc1OCc1cccc2ccccc12. The van der Waals surface area contributed by atoms with Crippen LogP contribution >= 0.6 is 23.2 Å². The van der Waals surface area contributed by atoms with Crippen LogP contribution in [0.4, 0.5) is 0 Å². The Morgan fingerprint density at radius 3 is 2.45 bits per heavy atom. The number of hydrogen-bond donors (Lipinski definition) is 2. The fourth-order valence-electron chi connectivity index (χ4n) is 4.09. The number of hydrazone groups is 1. The maximum absolute atomic E-state index is 12.8. The molecule has 0 radical (unpaired) electrons. The summed E-state index contributed by atoms with van der Waals surface area (Å²) in [4.78, 5) is 25.5. The van der Waals surface area contributed by atoms with E-state index in [1.54, 1.807) is 25.3 Å². The Morgan fingerprint density at radius 1 is 0.925 bits per heavy atom. The molecule has 9 heteroatoms. The number of fused-ring (bicyclic) bond motifs is 1. The Hall–Kier alpha value is -4.07. The van der Waals surface area contributed by atoms with Crippen LogP contribution < -0.4 is 20.2 Å². The van der Waals surface area contributed by atoms with Crippen molar-refractivity contribution in [1.29, 1.82) is 0 Å². The monoisotopic (exact) mass is 577 g/mol. The Bertz CT molecular complexity index is 1550. The van der Waals surface area contributed by atoms with E-state index < -0.39 is 17.9 Å². The van der Waals surface area contributed by atoms with E-state index in [1.165, 1.54) is 18.3 Å². The average Bonchev–Trinajstić information content (AvgIpc) is 2.96. The van der Waals surface area contributed by atoms with Crippen molar-refractivity contribution in [1.82, 2.24) is 10.7 Å². The number of nitrogens with one attached hydrogen (secondary N) is 2. The first-order chi connectivity index (χ1) is 19.3. The van der Waals surface area contributed by atoms with E-state index >= 15 is 0 Å². The summed E-state index contributed by atoms with van der Waals surface area (Å²) in [5.74, 6) is 0.0213. The highest BCUT2D eigenvalue weighted by atomic mass is 35.5. The van der Waals surface area contributed by atoms with Gasteiger partial charge in [-0.3, -0.25) is 9.59 Å². The second-order valence-corrected chi connectivity index (χ2v) is 10.2. The van der Waals surface area contributed by atoms with Crippen LogP contribution in [-0.2, 0) is 11.4 Å². The molecule has 0 spiro atoms. The van der Waals surface area contributed by atoms with Gasteiger partial charge in [0.05, 0.1) is 23.4 Å². The van der Waals surface area contributed by atoms with Crippen LogP contribution in [0.15, 0.2) is 84.0 Å². The van der Waals surface area contributed by atoms with Gasteiger partial charge in [0.15, 0.2) is 11.5 Å². The summed E-state index contributed by atoms with van der Waals surface area (Å²) in [6.07, 6.45) is 1.49. The average molecular weight is 578 g/mol. The van der Waals surface area contributed by atoms with Gasteiger partial charge < -0.3 is 14.8 Å².